The van der Waals surface area contributed by atoms with Crippen molar-refractivity contribution < 1.29 is 9.59 Å². The lowest BCUT2D eigenvalue weighted by atomic mass is 9.92. The summed E-state index contributed by atoms with van der Waals surface area (Å²) in [6.07, 6.45) is 2.63. The molecule has 0 radical (unpaired) electrons. The molecule has 0 aliphatic carbocycles. The highest BCUT2D eigenvalue weighted by atomic mass is 16.2. The van der Waals surface area contributed by atoms with Gasteiger partial charge in [0, 0.05) is 19.5 Å². The molecule has 1 rings (SSSR count). The summed E-state index contributed by atoms with van der Waals surface area (Å²) in [5.41, 5.74) is -0.0270. The molecule has 0 unspecified atom stereocenters. The fourth-order valence-corrected chi connectivity index (χ4v) is 1.80. The van der Waals surface area contributed by atoms with Gasteiger partial charge in [0.1, 0.15) is 0 Å². The lowest BCUT2D eigenvalue weighted by Crippen LogP contribution is -2.39. The first kappa shape index (κ1) is 13.0. The molecule has 4 nitrogen and oxygen atoms in total. The van der Waals surface area contributed by atoms with Gasteiger partial charge < -0.3 is 10.2 Å². The van der Waals surface area contributed by atoms with Crippen LogP contribution in [0.15, 0.2) is 0 Å². The van der Waals surface area contributed by atoms with Crippen LogP contribution in [0.2, 0.25) is 0 Å². The lowest BCUT2D eigenvalue weighted by Gasteiger charge is -2.19. The molecule has 1 heterocycles. The minimum absolute atomic E-state index is 0.0270. The predicted octanol–water partition coefficient (Wildman–Crippen LogP) is 1.16. The molecule has 1 N–H and O–H groups in total. The van der Waals surface area contributed by atoms with Crippen LogP contribution in [-0.2, 0) is 9.59 Å². The minimum atomic E-state index is -0.0416. The first-order valence-electron chi connectivity index (χ1n) is 5.93. The number of carbonyl (C=O) groups is 2. The van der Waals surface area contributed by atoms with E-state index < -0.39 is 0 Å². The summed E-state index contributed by atoms with van der Waals surface area (Å²) in [6, 6.07) is 0. The van der Waals surface area contributed by atoms with Crippen LogP contribution < -0.4 is 5.32 Å². The first-order chi connectivity index (χ1) is 7.38. The van der Waals surface area contributed by atoms with Crippen LogP contribution in [0.3, 0.4) is 0 Å². The number of amides is 2. The van der Waals surface area contributed by atoms with Gasteiger partial charge in [0.15, 0.2) is 0 Å². The number of hydrogen-bond donors (Lipinski definition) is 1. The zero-order valence-electron chi connectivity index (χ0n) is 10.5. The smallest absolute Gasteiger partial charge is 0.241 e. The van der Waals surface area contributed by atoms with E-state index in [9.17, 15) is 9.59 Å². The third kappa shape index (κ3) is 4.64. The summed E-state index contributed by atoms with van der Waals surface area (Å²) in [5.74, 6) is -0.000180. The average Bonchev–Trinajstić information content (AvgIpc) is 2.64. The van der Waals surface area contributed by atoms with Crippen molar-refractivity contribution in [3.63, 3.8) is 0 Å². The Morgan fingerprint density at radius 3 is 2.25 bits per heavy atom. The van der Waals surface area contributed by atoms with Crippen molar-refractivity contribution in [3.8, 4) is 0 Å². The van der Waals surface area contributed by atoms with Crippen molar-refractivity contribution in [3.05, 3.63) is 0 Å². The van der Waals surface area contributed by atoms with Gasteiger partial charge in [0.05, 0.1) is 6.54 Å². The minimum Gasteiger partial charge on any atom is -0.347 e. The molecule has 2 amide bonds. The van der Waals surface area contributed by atoms with Crippen LogP contribution in [0.25, 0.3) is 0 Å². The highest BCUT2D eigenvalue weighted by Gasteiger charge is 2.20. The summed E-state index contributed by atoms with van der Waals surface area (Å²) in [7, 11) is 0. The maximum absolute atomic E-state index is 11.6. The number of nitrogens with one attached hydrogen (secondary N) is 1. The van der Waals surface area contributed by atoms with Crippen LogP contribution in [-0.4, -0.2) is 36.3 Å². The molecule has 1 aliphatic heterocycles. The zero-order chi connectivity index (χ0) is 12.2. The highest BCUT2D eigenvalue weighted by molar-refractivity contribution is 5.85. The molecular formula is C12H22N2O2. The van der Waals surface area contributed by atoms with E-state index in [1.54, 1.807) is 0 Å². The lowest BCUT2D eigenvalue weighted by molar-refractivity contribution is -0.132. The molecule has 0 aromatic rings. The second kappa shape index (κ2) is 5.32. The Labute approximate surface area is 97.4 Å². The molecule has 1 aliphatic rings. The first-order valence-corrected chi connectivity index (χ1v) is 5.93. The maximum atomic E-state index is 11.6. The molecule has 4 heteroatoms. The molecule has 0 bridgehead atoms. The fourth-order valence-electron chi connectivity index (χ4n) is 1.80. The standard InChI is InChI=1S/C12H22N2O2/c1-12(2,3)8-10(15)13-9-11(16)14-6-4-5-7-14/h4-9H2,1-3H3,(H,13,15). The Hall–Kier alpha value is -1.06. The largest absolute Gasteiger partial charge is 0.347 e. The molecule has 0 atom stereocenters. The van der Waals surface area contributed by atoms with E-state index in [0.29, 0.717) is 6.42 Å². The molecular weight excluding hydrogens is 204 g/mol. The van der Waals surface area contributed by atoms with E-state index in [0.717, 1.165) is 25.9 Å². The summed E-state index contributed by atoms with van der Waals surface area (Å²) in [5, 5.41) is 2.69. The van der Waals surface area contributed by atoms with Crippen LogP contribution >= 0.6 is 0 Å². The second-order valence-corrected chi connectivity index (χ2v) is 5.60. The number of carbonyl (C=O) groups excluding carboxylic acids is 2. The van der Waals surface area contributed by atoms with Gasteiger partial charge in [-0.25, -0.2) is 0 Å². The van der Waals surface area contributed by atoms with Gasteiger partial charge in [0.25, 0.3) is 0 Å². The maximum Gasteiger partial charge on any atom is 0.241 e. The Balaban J connectivity index is 2.23. The summed E-state index contributed by atoms with van der Waals surface area (Å²) in [6.45, 7) is 7.86. The summed E-state index contributed by atoms with van der Waals surface area (Å²) in [4.78, 5) is 24.9. The molecule has 16 heavy (non-hydrogen) atoms. The molecule has 0 aromatic carbocycles. The number of hydrogen-bond acceptors (Lipinski definition) is 2. The van der Waals surface area contributed by atoms with Crippen molar-refractivity contribution in [2.24, 2.45) is 5.41 Å². The van der Waals surface area contributed by atoms with Gasteiger partial charge in [-0.2, -0.15) is 0 Å². The van der Waals surface area contributed by atoms with Crippen molar-refractivity contribution in [2.75, 3.05) is 19.6 Å². The number of nitrogens with zero attached hydrogens (tertiary/aromatic N) is 1. The SMILES string of the molecule is CC(C)(C)CC(=O)NCC(=O)N1CCCC1. The van der Waals surface area contributed by atoms with Gasteiger partial charge in [0.2, 0.25) is 11.8 Å². The third-order valence-corrected chi connectivity index (χ3v) is 2.59. The third-order valence-electron chi connectivity index (χ3n) is 2.59. The highest BCUT2D eigenvalue weighted by Crippen LogP contribution is 2.17. The Kier molecular flexibility index (Phi) is 4.33. The fraction of sp³-hybridized carbons (Fsp3) is 0.833. The van der Waals surface area contributed by atoms with E-state index >= 15 is 0 Å². The number of likely N-dealkylation sites (tertiary alicyclic amines) is 1. The van der Waals surface area contributed by atoms with Gasteiger partial charge in [-0.05, 0) is 18.3 Å². The normalized spacial score (nSPS) is 16.3. The molecule has 0 spiro atoms. The Morgan fingerprint density at radius 2 is 1.75 bits per heavy atom. The van der Waals surface area contributed by atoms with Crippen LogP contribution in [0, 0.1) is 5.41 Å². The average molecular weight is 226 g/mol. The molecule has 0 aromatic heterocycles. The Bertz CT molecular complexity index is 263. The van der Waals surface area contributed by atoms with Crippen LogP contribution in [0.5, 0.6) is 0 Å². The Morgan fingerprint density at radius 1 is 1.19 bits per heavy atom. The topological polar surface area (TPSA) is 49.4 Å². The van der Waals surface area contributed by atoms with E-state index in [1.165, 1.54) is 0 Å². The quantitative estimate of drug-likeness (QED) is 0.785. The van der Waals surface area contributed by atoms with E-state index in [4.69, 9.17) is 0 Å². The summed E-state index contributed by atoms with van der Waals surface area (Å²) < 4.78 is 0. The monoisotopic (exact) mass is 226 g/mol. The molecule has 92 valence electrons. The van der Waals surface area contributed by atoms with Crippen molar-refractivity contribution >= 4 is 11.8 Å². The summed E-state index contributed by atoms with van der Waals surface area (Å²) >= 11 is 0. The zero-order valence-corrected chi connectivity index (χ0v) is 10.5. The molecule has 1 saturated heterocycles. The van der Waals surface area contributed by atoms with Gasteiger partial charge in [-0.3, -0.25) is 9.59 Å². The van der Waals surface area contributed by atoms with E-state index in [1.807, 2.05) is 25.7 Å². The van der Waals surface area contributed by atoms with Crippen molar-refractivity contribution in [1.82, 2.24) is 10.2 Å². The van der Waals surface area contributed by atoms with Gasteiger partial charge in [-0.15, -0.1) is 0 Å². The molecule has 0 saturated carbocycles. The molecule has 1 fully saturated rings. The van der Waals surface area contributed by atoms with Crippen molar-refractivity contribution in [2.45, 2.75) is 40.0 Å². The second-order valence-electron chi connectivity index (χ2n) is 5.60. The van der Waals surface area contributed by atoms with Crippen LogP contribution in [0.1, 0.15) is 40.0 Å². The van der Waals surface area contributed by atoms with Crippen molar-refractivity contribution in [1.29, 1.82) is 0 Å². The van der Waals surface area contributed by atoms with Gasteiger partial charge >= 0.3 is 0 Å². The number of rotatable bonds is 3. The predicted molar refractivity (Wildman–Crippen MR) is 62.9 cm³/mol. The van der Waals surface area contributed by atoms with Gasteiger partial charge in [-0.1, -0.05) is 20.8 Å². The van der Waals surface area contributed by atoms with E-state index in [-0.39, 0.29) is 23.8 Å². The van der Waals surface area contributed by atoms with Crippen LogP contribution in [0.4, 0.5) is 0 Å². The van der Waals surface area contributed by atoms with E-state index in [2.05, 4.69) is 5.32 Å².